The average Bonchev–Trinajstić information content (AvgIpc) is 3.29. The molecule has 1 N–H and O–H groups in total. The molecule has 1 aromatic heterocycles. The van der Waals surface area contributed by atoms with Gasteiger partial charge in [-0.3, -0.25) is 4.79 Å². The summed E-state index contributed by atoms with van der Waals surface area (Å²) in [6, 6.07) is 2.33. The van der Waals surface area contributed by atoms with Gasteiger partial charge in [0.05, 0.1) is 5.56 Å². The topological polar surface area (TPSA) is 52.9 Å². The van der Waals surface area contributed by atoms with Gasteiger partial charge in [-0.1, -0.05) is 27.2 Å². The molecule has 0 spiro atoms. The van der Waals surface area contributed by atoms with Crippen LogP contribution >= 0.6 is 11.3 Å². The molecule has 0 radical (unpaired) electrons. The van der Waals surface area contributed by atoms with Crippen LogP contribution in [0.5, 0.6) is 0 Å². The normalized spacial score (nSPS) is 21.1. The lowest BCUT2D eigenvalue weighted by atomic mass is 9.69. The van der Waals surface area contributed by atoms with Gasteiger partial charge in [-0.2, -0.15) is 5.26 Å². The molecule has 0 unspecified atom stereocenters. The molecule has 3 nitrogen and oxygen atoms in total. The summed E-state index contributed by atoms with van der Waals surface area (Å²) < 4.78 is 0. The van der Waals surface area contributed by atoms with E-state index in [1.165, 1.54) is 16.9 Å². The highest BCUT2D eigenvalue weighted by Gasteiger charge is 2.35. The molecule has 0 aliphatic heterocycles. The second-order valence-corrected chi connectivity index (χ2v) is 8.47. The maximum Gasteiger partial charge on any atom is 0.228 e. The summed E-state index contributed by atoms with van der Waals surface area (Å²) in [4.78, 5) is 13.3. The number of carbonyl (C=O) groups is 1. The molecule has 22 heavy (non-hydrogen) atoms. The van der Waals surface area contributed by atoms with Crippen LogP contribution in [0.4, 0.5) is 5.00 Å². The van der Waals surface area contributed by atoms with Crippen molar-refractivity contribution in [3.05, 3.63) is 16.0 Å². The van der Waals surface area contributed by atoms with E-state index < -0.39 is 0 Å². The van der Waals surface area contributed by atoms with Crippen LogP contribution in [0, 0.1) is 28.6 Å². The lowest BCUT2D eigenvalue weighted by Gasteiger charge is -2.36. The summed E-state index contributed by atoms with van der Waals surface area (Å²) in [5.74, 6) is 0.945. The predicted molar refractivity (Wildman–Crippen MR) is 90.0 cm³/mol. The van der Waals surface area contributed by atoms with Crippen molar-refractivity contribution >= 4 is 22.2 Å². The van der Waals surface area contributed by atoms with E-state index in [-0.39, 0.29) is 11.8 Å². The molecule has 2 aliphatic carbocycles. The van der Waals surface area contributed by atoms with Crippen molar-refractivity contribution in [2.45, 2.75) is 59.3 Å². The Hall–Kier alpha value is -1.34. The third-order valence-corrected chi connectivity index (χ3v) is 6.75. The Bertz CT molecular complexity index is 634. The number of thiophene rings is 1. The molecular formula is C18H24N2OS. The van der Waals surface area contributed by atoms with Crippen molar-refractivity contribution in [2.24, 2.45) is 17.3 Å². The summed E-state index contributed by atoms with van der Waals surface area (Å²) in [6.45, 7) is 6.94. The van der Waals surface area contributed by atoms with Crippen LogP contribution in [0.2, 0.25) is 0 Å². The van der Waals surface area contributed by atoms with Gasteiger partial charge >= 0.3 is 0 Å². The quantitative estimate of drug-likeness (QED) is 0.888. The van der Waals surface area contributed by atoms with Crippen LogP contribution in [0.15, 0.2) is 0 Å². The molecule has 0 aromatic carbocycles. The molecule has 1 heterocycles. The summed E-state index contributed by atoms with van der Waals surface area (Å²) in [5, 5.41) is 13.3. The fourth-order valence-electron chi connectivity index (χ4n) is 3.31. The Morgan fingerprint density at radius 1 is 1.41 bits per heavy atom. The second-order valence-electron chi connectivity index (χ2n) is 7.37. The monoisotopic (exact) mass is 316 g/mol. The Morgan fingerprint density at radius 2 is 2.14 bits per heavy atom. The summed E-state index contributed by atoms with van der Waals surface area (Å²) in [6.07, 6.45) is 6.33. The molecule has 1 amide bonds. The van der Waals surface area contributed by atoms with Crippen LogP contribution in [0.1, 0.15) is 62.5 Å². The maximum atomic E-state index is 12.0. The minimum Gasteiger partial charge on any atom is -0.316 e. The zero-order valence-corrected chi connectivity index (χ0v) is 14.5. The van der Waals surface area contributed by atoms with Gasteiger partial charge in [0.25, 0.3) is 0 Å². The lowest BCUT2D eigenvalue weighted by molar-refractivity contribution is -0.117. The van der Waals surface area contributed by atoms with Gasteiger partial charge in [-0.05, 0) is 49.0 Å². The first-order valence-electron chi connectivity index (χ1n) is 8.31. The van der Waals surface area contributed by atoms with Gasteiger partial charge in [0, 0.05) is 10.8 Å². The van der Waals surface area contributed by atoms with Crippen LogP contribution in [-0.2, 0) is 17.6 Å². The number of rotatable bonds is 4. The second kappa shape index (κ2) is 5.70. The van der Waals surface area contributed by atoms with Crippen LogP contribution in [0.3, 0.4) is 0 Å². The molecule has 1 atom stereocenters. The molecule has 118 valence electrons. The molecule has 2 aliphatic rings. The number of hydrogen-bond donors (Lipinski definition) is 1. The van der Waals surface area contributed by atoms with E-state index in [9.17, 15) is 10.1 Å². The standard InChI is InChI=1S/C18H24N2OS/c1-4-18(2,3)12-7-8-13-14(10-19)17(22-15(13)9-12)20-16(21)11-5-6-11/h11-12H,4-9H2,1-3H3,(H,20,21)/t12-/m0/s1. The van der Waals surface area contributed by atoms with E-state index in [2.05, 4.69) is 32.2 Å². The number of anilines is 1. The molecular weight excluding hydrogens is 292 g/mol. The molecule has 0 bridgehead atoms. The summed E-state index contributed by atoms with van der Waals surface area (Å²) in [7, 11) is 0. The van der Waals surface area contributed by atoms with Gasteiger partial charge in [0.15, 0.2) is 0 Å². The SMILES string of the molecule is CCC(C)(C)[C@H]1CCc2c(sc(NC(=O)C3CC3)c2C#N)C1. The summed E-state index contributed by atoms with van der Waals surface area (Å²) in [5.41, 5.74) is 2.26. The molecule has 4 heteroatoms. The first-order valence-corrected chi connectivity index (χ1v) is 9.13. The molecule has 1 aromatic rings. The van der Waals surface area contributed by atoms with Crippen LogP contribution in [-0.4, -0.2) is 5.91 Å². The lowest BCUT2D eigenvalue weighted by Crippen LogP contribution is -2.28. The molecule has 1 fully saturated rings. The van der Waals surface area contributed by atoms with Gasteiger partial charge in [-0.25, -0.2) is 0 Å². The van der Waals surface area contributed by atoms with Crippen molar-refractivity contribution < 1.29 is 4.79 Å². The fourth-order valence-corrected chi connectivity index (χ4v) is 4.59. The van der Waals surface area contributed by atoms with E-state index >= 15 is 0 Å². The smallest absolute Gasteiger partial charge is 0.228 e. The first kappa shape index (κ1) is 15.6. The van der Waals surface area contributed by atoms with E-state index in [0.29, 0.717) is 11.3 Å². The van der Waals surface area contributed by atoms with Gasteiger partial charge < -0.3 is 5.32 Å². The van der Waals surface area contributed by atoms with Crippen LogP contribution in [0.25, 0.3) is 0 Å². The van der Waals surface area contributed by atoms with E-state index in [1.54, 1.807) is 11.3 Å². The van der Waals surface area contributed by atoms with E-state index in [1.807, 2.05) is 0 Å². The third kappa shape index (κ3) is 2.79. The number of nitrogens with one attached hydrogen (secondary N) is 1. The Balaban J connectivity index is 1.84. The number of amides is 1. The van der Waals surface area contributed by atoms with E-state index in [0.717, 1.165) is 42.7 Å². The zero-order chi connectivity index (χ0) is 15.9. The Morgan fingerprint density at radius 3 is 2.73 bits per heavy atom. The zero-order valence-electron chi connectivity index (χ0n) is 13.7. The number of hydrogen-bond acceptors (Lipinski definition) is 3. The predicted octanol–water partition coefficient (Wildman–Crippen LogP) is 4.51. The van der Waals surface area contributed by atoms with Crippen molar-refractivity contribution in [1.29, 1.82) is 5.26 Å². The number of carbonyl (C=O) groups excluding carboxylic acids is 1. The minimum absolute atomic E-state index is 0.0977. The highest BCUT2D eigenvalue weighted by Crippen LogP contribution is 2.45. The number of nitriles is 1. The van der Waals surface area contributed by atoms with Gasteiger partial charge in [0.1, 0.15) is 11.1 Å². The molecule has 3 rings (SSSR count). The average molecular weight is 316 g/mol. The Kier molecular flexibility index (Phi) is 4.03. The van der Waals surface area contributed by atoms with Crippen molar-refractivity contribution in [1.82, 2.24) is 0 Å². The van der Waals surface area contributed by atoms with E-state index in [4.69, 9.17) is 0 Å². The largest absolute Gasteiger partial charge is 0.316 e. The molecule has 1 saturated carbocycles. The number of nitrogens with zero attached hydrogens (tertiary/aromatic N) is 1. The third-order valence-electron chi connectivity index (χ3n) is 5.58. The fraction of sp³-hybridized carbons (Fsp3) is 0.667. The highest BCUT2D eigenvalue weighted by molar-refractivity contribution is 7.16. The molecule has 0 saturated heterocycles. The highest BCUT2D eigenvalue weighted by atomic mass is 32.1. The summed E-state index contributed by atoms with van der Waals surface area (Å²) >= 11 is 1.64. The van der Waals surface area contributed by atoms with Crippen molar-refractivity contribution in [3.8, 4) is 6.07 Å². The Labute approximate surface area is 136 Å². The minimum atomic E-state index is 0.0977. The first-order chi connectivity index (χ1) is 10.5. The van der Waals surface area contributed by atoms with Crippen LogP contribution < -0.4 is 5.32 Å². The number of fused-ring (bicyclic) bond motifs is 1. The van der Waals surface area contributed by atoms with Gasteiger partial charge in [0.2, 0.25) is 5.91 Å². The van der Waals surface area contributed by atoms with Gasteiger partial charge in [-0.15, -0.1) is 11.3 Å². The van der Waals surface area contributed by atoms with Crippen molar-refractivity contribution in [2.75, 3.05) is 5.32 Å². The van der Waals surface area contributed by atoms with Crippen molar-refractivity contribution in [3.63, 3.8) is 0 Å². The maximum absolute atomic E-state index is 12.0.